The maximum Gasteiger partial charge on any atom is 0.258 e. The number of hydrogen-bond donors (Lipinski definition) is 1. The molecule has 1 aromatic heterocycles. The highest BCUT2D eigenvalue weighted by molar-refractivity contribution is 5.77. The molecule has 0 aliphatic carbocycles. The van der Waals surface area contributed by atoms with Crippen molar-refractivity contribution in [2.45, 2.75) is 20.4 Å². The van der Waals surface area contributed by atoms with Crippen LogP contribution < -0.4 is 14.8 Å². The summed E-state index contributed by atoms with van der Waals surface area (Å²) in [5.74, 6) is 1.29. The summed E-state index contributed by atoms with van der Waals surface area (Å²) in [5, 5.41) is 2.80. The smallest absolute Gasteiger partial charge is 0.258 e. The first-order valence-corrected chi connectivity index (χ1v) is 7.05. The average Bonchev–Trinajstić information content (AvgIpc) is 2.53. The number of hydrogen-bond acceptors (Lipinski definition) is 4. The fourth-order valence-corrected chi connectivity index (χ4v) is 2.15. The van der Waals surface area contributed by atoms with E-state index in [1.165, 1.54) is 0 Å². The number of pyridine rings is 1. The number of nitrogens with one attached hydrogen (secondary N) is 1. The number of aromatic nitrogens is 1. The van der Waals surface area contributed by atoms with Crippen LogP contribution in [0.25, 0.3) is 0 Å². The Labute approximate surface area is 130 Å². The first-order chi connectivity index (χ1) is 10.6. The zero-order valence-corrected chi connectivity index (χ0v) is 13.1. The molecule has 0 fully saturated rings. The van der Waals surface area contributed by atoms with Gasteiger partial charge >= 0.3 is 0 Å². The van der Waals surface area contributed by atoms with Gasteiger partial charge in [-0.1, -0.05) is 18.2 Å². The zero-order chi connectivity index (χ0) is 15.9. The molecule has 116 valence electrons. The predicted octanol–water partition coefficient (Wildman–Crippen LogP) is 2.40. The summed E-state index contributed by atoms with van der Waals surface area (Å²) in [7, 11) is 1.63. The van der Waals surface area contributed by atoms with Crippen molar-refractivity contribution in [3.8, 4) is 11.5 Å². The van der Waals surface area contributed by atoms with Gasteiger partial charge in [0.15, 0.2) is 6.61 Å². The van der Waals surface area contributed by atoms with Gasteiger partial charge in [-0.2, -0.15) is 0 Å². The maximum absolute atomic E-state index is 11.8. The fraction of sp³-hybridized carbons (Fsp3) is 0.294. The summed E-state index contributed by atoms with van der Waals surface area (Å²) in [6.07, 6.45) is 1.74. The molecule has 0 atom stereocenters. The van der Waals surface area contributed by atoms with E-state index in [4.69, 9.17) is 9.47 Å². The number of carbonyl (C=O) groups excluding carboxylic acids is 1. The molecule has 0 saturated heterocycles. The van der Waals surface area contributed by atoms with Crippen molar-refractivity contribution >= 4 is 5.91 Å². The number of para-hydroxylation sites is 1. The van der Waals surface area contributed by atoms with Crippen LogP contribution in [0.2, 0.25) is 0 Å². The molecule has 5 nitrogen and oxygen atoms in total. The number of ether oxygens (including phenoxy) is 2. The first-order valence-electron chi connectivity index (χ1n) is 7.05. The van der Waals surface area contributed by atoms with Gasteiger partial charge in [-0.05, 0) is 26.0 Å². The summed E-state index contributed by atoms with van der Waals surface area (Å²) >= 11 is 0. The summed E-state index contributed by atoms with van der Waals surface area (Å²) in [5.41, 5.74) is 2.70. The van der Waals surface area contributed by atoms with Gasteiger partial charge < -0.3 is 14.8 Å². The van der Waals surface area contributed by atoms with Crippen molar-refractivity contribution in [2.24, 2.45) is 0 Å². The number of amides is 1. The minimum atomic E-state index is -0.190. The van der Waals surface area contributed by atoms with Crippen molar-refractivity contribution in [1.82, 2.24) is 10.3 Å². The number of rotatable bonds is 6. The molecule has 2 aromatic rings. The lowest BCUT2D eigenvalue weighted by atomic mass is 10.1. The van der Waals surface area contributed by atoms with Crippen molar-refractivity contribution in [2.75, 3.05) is 13.7 Å². The molecule has 2 rings (SSSR count). The Morgan fingerprint density at radius 2 is 1.95 bits per heavy atom. The second-order valence-corrected chi connectivity index (χ2v) is 4.92. The Morgan fingerprint density at radius 3 is 2.64 bits per heavy atom. The third kappa shape index (κ3) is 3.97. The van der Waals surface area contributed by atoms with Crippen LogP contribution in [-0.4, -0.2) is 24.6 Å². The van der Waals surface area contributed by atoms with Crippen LogP contribution in [0, 0.1) is 13.8 Å². The summed E-state index contributed by atoms with van der Waals surface area (Å²) in [6, 6.07) is 9.23. The Morgan fingerprint density at radius 1 is 1.23 bits per heavy atom. The van der Waals surface area contributed by atoms with Gasteiger partial charge in [-0.15, -0.1) is 0 Å². The number of aryl methyl sites for hydroxylation is 1. The quantitative estimate of drug-likeness (QED) is 0.890. The highest BCUT2D eigenvalue weighted by Crippen LogP contribution is 2.23. The van der Waals surface area contributed by atoms with Crippen molar-refractivity contribution < 1.29 is 14.3 Å². The number of benzene rings is 1. The molecule has 0 saturated carbocycles. The summed E-state index contributed by atoms with van der Waals surface area (Å²) < 4.78 is 10.7. The highest BCUT2D eigenvalue weighted by atomic mass is 16.5. The third-order valence-corrected chi connectivity index (χ3v) is 3.32. The molecule has 5 heteroatoms. The highest BCUT2D eigenvalue weighted by Gasteiger charge is 2.10. The van der Waals surface area contributed by atoms with Crippen LogP contribution in [0.15, 0.2) is 36.5 Å². The SMILES string of the molecule is COc1c(C)cnc(CNC(=O)COc2ccccc2)c1C. The average molecular weight is 300 g/mol. The molecular weight excluding hydrogens is 280 g/mol. The molecule has 1 N–H and O–H groups in total. The van der Waals surface area contributed by atoms with Gasteiger partial charge in [0.05, 0.1) is 19.3 Å². The molecule has 1 heterocycles. The number of carbonyl (C=O) groups is 1. The van der Waals surface area contributed by atoms with Crippen LogP contribution in [0.5, 0.6) is 11.5 Å². The van der Waals surface area contributed by atoms with E-state index < -0.39 is 0 Å². The molecule has 0 aliphatic rings. The van der Waals surface area contributed by atoms with Gasteiger partial charge in [-0.3, -0.25) is 9.78 Å². The summed E-state index contributed by atoms with van der Waals surface area (Å²) in [6.45, 7) is 4.20. The van der Waals surface area contributed by atoms with Crippen LogP contribution >= 0.6 is 0 Å². The summed E-state index contributed by atoms with van der Waals surface area (Å²) in [4.78, 5) is 16.2. The Balaban J connectivity index is 1.89. The normalized spacial score (nSPS) is 10.1. The van der Waals surface area contributed by atoms with E-state index in [1.807, 2.05) is 44.2 Å². The molecule has 1 aromatic carbocycles. The molecule has 0 aliphatic heterocycles. The molecule has 0 spiro atoms. The lowest BCUT2D eigenvalue weighted by Gasteiger charge is -2.13. The lowest BCUT2D eigenvalue weighted by Crippen LogP contribution is -2.29. The number of methoxy groups -OCH3 is 1. The maximum atomic E-state index is 11.8. The lowest BCUT2D eigenvalue weighted by molar-refractivity contribution is -0.123. The van der Waals surface area contributed by atoms with E-state index in [-0.39, 0.29) is 12.5 Å². The monoisotopic (exact) mass is 300 g/mol. The van der Waals surface area contributed by atoms with Gasteiger partial charge in [0.2, 0.25) is 0 Å². The molecule has 0 bridgehead atoms. The van der Waals surface area contributed by atoms with E-state index in [1.54, 1.807) is 13.3 Å². The zero-order valence-electron chi connectivity index (χ0n) is 13.1. The van der Waals surface area contributed by atoms with Crippen molar-refractivity contribution in [1.29, 1.82) is 0 Å². The van der Waals surface area contributed by atoms with Crippen LogP contribution in [0.4, 0.5) is 0 Å². The Kier molecular flexibility index (Phi) is 5.36. The molecule has 0 unspecified atom stereocenters. The van der Waals surface area contributed by atoms with E-state index in [2.05, 4.69) is 10.3 Å². The molecule has 1 amide bonds. The molecular formula is C17H20N2O3. The fourth-order valence-electron chi connectivity index (χ4n) is 2.15. The van der Waals surface area contributed by atoms with Crippen LogP contribution in [-0.2, 0) is 11.3 Å². The second-order valence-electron chi connectivity index (χ2n) is 4.92. The van der Waals surface area contributed by atoms with Crippen LogP contribution in [0.1, 0.15) is 16.8 Å². The predicted molar refractivity (Wildman–Crippen MR) is 84.0 cm³/mol. The van der Waals surface area contributed by atoms with Crippen molar-refractivity contribution in [3.63, 3.8) is 0 Å². The molecule has 22 heavy (non-hydrogen) atoms. The minimum absolute atomic E-state index is 0.0218. The largest absolute Gasteiger partial charge is 0.496 e. The van der Waals surface area contributed by atoms with E-state index in [9.17, 15) is 4.79 Å². The van der Waals surface area contributed by atoms with E-state index in [0.29, 0.717) is 12.3 Å². The van der Waals surface area contributed by atoms with Gasteiger partial charge in [0.25, 0.3) is 5.91 Å². The van der Waals surface area contributed by atoms with E-state index >= 15 is 0 Å². The van der Waals surface area contributed by atoms with Crippen LogP contribution in [0.3, 0.4) is 0 Å². The van der Waals surface area contributed by atoms with Crippen molar-refractivity contribution in [3.05, 3.63) is 53.3 Å². The topological polar surface area (TPSA) is 60.5 Å². The van der Waals surface area contributed by atoms with Gasteiger partial charge in [0, 0.05) is 17.3 Å². The Bertz CT molecular complexity index is 642. The molecule has 0 radical (unpaired) electrons. The number of nitrogens with zero attached hydrogens (tertiary/aromatic N) is 1. The first kappa shape index (κ1) is 15.8. The minimum Gasteiger partial charge on any atom is -0.496 e. The third-order valence-electron chi connectivity index (χ3n) is 3.32. The van der Waals surface area contributed by atoms with Gasteiger partial charge in [-0.25, -0.2) is 0 Å². The van der Waals surface area contributed by atoms with E-state index in [0.717, 1.165) is 22.6 Å². The van der Waals surface area contributed by atoms with Gasteiger partial charge in [0.1, 0.15) is 11.5 Å². The second kappa shape index (κ2) is 7.45. The standard InChI is InChI=1S/C17H20N2O3/c1-12-9-18-15(13(2)17(12)21-3)10-19-16(20)11-22-14-7-5-4-6-8-14/h4-9H,10-11H2,1-3H3,(H,19,20). The Hall–Kier alpha value is -2.56.